The summed E-state index contributed by atoms with van der Waals surface area (Å²) in [7, 11) is 0. The van der Waals surface area contributed by atoms with Crippen molar-refractivity contribution in [1.29, 1.82) is 21.6 Å². The summed E-state index contributed by atoms with van der Waals surface area (Å²) < 4.78 is 5.11. The third-order valence-corrected chi connectivity index (χ3v) is 6.04. The number of para-hydroxylation sites is 1. The number of hydrogen-bond donors (Lipinski definition) is 11. The molecule has 3 aromatic carbocycles. The molecule has 0 aliphatic rings. The van der Waals surface area contributed by atoms with Gasteiger partial charge in [0.15, 0.2) is 23.8 Å². The summed E-state index contributed by atoms with van der Waals surface area (Å²) in [5.74, 6) is 0.915. The molecule has 0 saturated carbocycles. The van der Waals surface area contributed by atoms with Gasteiger partial charge >= 0.3 is 0 Å². The Hall–Kier alpha value is -4.52. The lowest BCUT2D eigenvalue weighted by molar-refractivity contribution is 0.201. The summed E-state index contributed by atoms with van der Waals surface area (Å²) in [6.07, 6.45) is 3.70. The van der Waals surface area contributed by atoms with Crippen molar-refractivity contribution in [1.82, 2.24) is 21.3 Å². The average Bonchev–Trinajstić information content (AvgIpc) is 3.00. The van der Waals surface area contributed by atoms with Crippen LogP contribution >= 0.6 is 23.2 Å². The number of ether oxygens (including phenoxy) is 1. The standard InChI is InChI=1S/C22H30Cl2N10.C8H10O2/c23-15-5-9-17(10-6-15)31-21(27)33-19(25)29-13-3-1-2-4-14-30-20(26)34-22(28)32-18-11-7-16(24)8-12-18;9-6-7-10-8-4-2-1-3-5-8/h5-12H,1-4,13-14H2,(H5,25,27,29,31,33)(H5,26,28,30,32,34);1-5,9H,6-7H2. The number of benzene rings is 3. The van der Waals surface area contributed by atoms with Gasteiger partial charge in [-0.15, -0.1) is 0 Å². The highest BCUT2D eigenvalue weighted by molar-refractivity contribution is 6.31. The van der Waals surface area contributed by atoms with Gasteiger partial charge in [-0.25, -0.2) is 0 Å². The minimum atomic E-state index is -0.00148. The van der Waals surface area contributed by atoms with Crippen molar-refractivity contribution in [2.45, 2.75) is 25.7 Å². The van der Waals surface area contributed by atoms with E-state index in [9.17, 15) is 0 Å². The lowest BCUT2D eigenvalue weighted by Crippen LogP contribution is -2.43. The molecule has 3 rings (SSSR count). The molecule has 0 aliphatic carbocycles. The van der Waals surface area contributed by atoms with Crippen LogP contribution in [0.3, 0.4) is 0 Å². The second kappa shape index (κ2) is 21.2. The van der Waals surface area contributed by atoms with Gasteiger partial charge in [0.05, 0.1) is 6.61 Å². The highest BCUT2D eigenvalue weighted by atomic mass is 35.5. The molecule has 3 aromatic rings. The first-order chi connectivity index (χ1) is 21.2. The van der Waals surface area contributed by atoms with Crippen LogP contribution in [0.2, 0.25) is 10.0 Å². The molecule has 0 fully saturated rings. The van der Waals surface area contributed by atoms with E-state index in [1.807, 2.05) is 30.3 Å². The zero-order valence-corrected chi connectivity index (χ0v) is 25.8. The largest absolute Gasteiger partial charge is 0.491 e. The summed E-state index contributed by atoms with van der Waals surface area (Å²) in [6.45, 7) is 1.68. The van der Waals surface area contributed by atoms with Crippen molar-refractivity contribution in [2.24, 2.45) is 0 Å². The first-order valence-corrected chi connectivity index (χ1v) is 14.7. The molecule has 0 heterocycles. The fourth-order valence-corrected chi connectivity index (χ4v) is 3.72. The third kappa shape index (κ3) is 16.8. The number of anilines is 2. The molecule has 0 aromatic heterocycles. The summed E-state index contributed by atoms with van der Waals surface area (Å²) in [5, 5.41) is 57.9. The maximum atomic E-state index is 8.40. The predicted molar refractivity (Wildman–Crippen MR) is 181 cm³/mol. The van der Waals surface area contributed by atoms with E-state index in [0.29, 0.717) is 41.1 Å². The van der Waals surface area contributed by atoms with E-state index in [1.165, 1.54) is 0 Å². The zero-order valence-electron chi connectivity index (χ0n) is 24.3. The number of guanidine groups is 4. The Morgan fingerprint density at radius 1 is 0.591 bits per heavy atom. The SMILES string of the molecule is N=C(NCCCCCCNC(=N)NC(=N)Nc1ccc(Cl)cc1)NC(=N)Nc1ccc(Cl)cc1.OCCOc1ccccc1. The summed E-state index contributed by atoms with van der Waals surface area (Å²) in [5.41, 5.74) is 1.42. The third-order valence-electron chi connectivity index (χ3n) is 5.54. The molecule has 0 spiro atoms. The van der Waals surface area contributed by atoms with Gasteiger partial charge in [-0.2, -0.15) is 0 Å². The van der Waals surface area contributed by atoms with Crippen molar-refractivity contribution >= 4 is 58.4 Å². The van der Waals surface area contributed by atoms with Crippen LogP contribution in [0.15, 0.2) is 78.9 Å². The lowest BCUT2D eigenvalue weighted by Gasteiger charge is -2.13. The van der Waals surface area contributed by atoms with Crippen molar-refractivity contribution < 1.29 is 9.84 Å². The maximum absolute atomic E-state index is 8.40. The van der Waals surface area contributed by atoms with Crippen molar-refractivity contribution in [3.8, 4) is 5.75 Å². The maximum Gasteiger partial charge on any atom is 0.199 e. The van der Waals surface area contributed by atoms with E-state index in [1.54, 1.807) is 48.5 Å². The molecular formula is C30H40Cl2N10O2. The summed E-state index contributed by atoms with van der Waals surface area (Å²) >= 11 is 11.7. The number of aliphatic hydroxyl groups excluding tert-OH is 1. The van der Waals surface area contributed by atoms with Crippen LogP contribution in [-0.4, -0.2) is 55.2 Å². The molecule has 0 bridgehead atoms. The zero-order chi connectivity index (χ0) is 32.0. The second-order valence-corrected chi connectivity index (χ2v) is 10.0. The average molecular weight is 644 g/mol. The van der Waals surface area contributed by atoms with Crippen LogP contribution < -0.4 is 36.6 Å². The number of nitrogens with one attached hydrogen (secondary N) is 10. The van der Waals surface area contributed by atoms with Crippen LogP contribution in [0.5, 0.6) is 5.75 Å². The van der Waals surface area contributed by atoms with E-state index < -0.39 is 0 Å². The van der Waals surface area contributed by atoms with Crippen molar-refractivity contribution in [3.63, 3.8) is 0 Å². The van der Waals surface area contributed by atoms with Gasteiger partial charge in [0.25, 0.3) is 0 Å². The second-order valence-electron chi connectivity index (χ2n) is 9.17. The van der Waals surface area contributed by atoms with Crippen LogP contribution in [0.25, 0.3) is 0 Å². The van der Waals surface area contributed by atoms with E-state index in [0.717, 1.165) is 31.4 Å². The van der Waals surface area contributed by atoms with Gasteiger partial charge in [-0.1, -0.05) is 54.2 Å². The number of rotatable bonds is 12. The number of unbranched alkanes of at least 4 members (excludes halogenated alkanes) is 3. The summed E-state index contributed by atoms with van der Waals surface area (Å²) in [6, 6.07) is 23.3. The van der Waals surface area contributed by atoms with E-state index in [-0.39, 0.29) is 30.4 Å². The Kier molecular flexibility index (Phi) is 17.2. The minimum Gasteiger partial charge on any atom is -0.491 e. The van der Waals surface area contributed by atoms with Gasteiger partial charge in [-0.3, -0.25) is 32.3 Å². The fraction of sp³-hybridized carbons (Fsp3) is 0.267. The van der Waals surface area contributed by atoms with Crippen LogP contribution in [-0.2, 0) is 0 Å². The lowest BCUT2D eigenvalue weighted by atomic mass is 10.2. The predicted octanol–water partition coefficient (Wildman–Crippen LogP) is 5.23. The molecule has 12 nitrogen and oxygen atoms in total. The Balaban J connectivity index is 0.000000569. The van der Waals surface area contributed by atoms with Gasteiger partial charge in [0.1, 0.15) is 12.4 Å². The molecule has 0 amide bonds. The molecule has 0 aliphatic heterocycles. The first kappa shape index (κ1) is 35.7. The summed E-state index contributed by atoms with van der Waals surface area (Å²) in [4.78, 5) is 0. The molecule has 0 saturated heterocycles. The van der Waals surface area contributed by atoms with E-state index >= 15 is 0 Å². The van der Waals surface area contributed by atoms with Crippen LogP contribution in [0, 0.1) is 21.6 Å². The minimum absolute atomic E-state index is 0.00148. The van der Waals surface area contributed by atoms with E-state index in [4.69, 9.17) is 54.7 Å². The van der Waals surface area contributed by atoms with E-state index in [2.05, 4.69) is 31.9 Å². The topological polar surface area (TPSA) is 197 Å². The highest BCUT2D eigenvalue weighted by Crippen LogP contribution is 2.14. The number of aliphatic hydroxyl groups is 1. The quantitative estimate of drug-likeness (QED) is 0.0716. The molecule has 0 radical (unpaired) electrons. The molecule has 44 heavy (non-hydrogen) atoms. The first-order valence-electron chi connectivity index (χ1n) is 13.9. The normalized spacial score (nSPS) is 9.89. The Bertz CT molecular complexity index is 1210. The van der Waals surface area contributed by atoms with Gasteiger partial charge in [0.2, 0.25) is 0 Å². The Labute approximate surface area is 267 Å². The number of halogens is 2. The fourth-order valence-electron chi connectivity index (χ4n) is 3.47. The van der Waals surface area contributed by atoms with Crippen molar-refractivity contribution in [2.75, 3.05) is 36.9 Å². The molecule has 236 valence electrons. The Morgan fingerprint density at radius 2 is 1.02 bits per heavy atom. The number of hydrogen-bond acceptors (Lipinski definition) is 6. The molecule has 0 atom stereocenters. The molecule has 0 unspecified atom stereocenters. The van der Waals surface area contributed by atoms with Gasteiger partial charge in [0, 0.05) is 34.5 Å². The Morgan fingerprint density at radius 3 is 1.43 bits per heavy atom. The molecule has 11 N–H and O–H groups in total. The molecular weight excluding hydrogens is 603 g/mol. The van der Waals surface area contributed by atoms with Crippen LogP contribution in [0.4, 0.5) is 11.4 Å². The smallest absolute Gasteiger partial charge is 0.199 e. The highest BCUT2D eigenvalue weighted by Gasteiger charge is 2.03. The van der Waals surface area contributed by atoms with Crippen LogP contribution in [0.1, 0.15) is 25.7 Å². The molecule has 14 heteroatoms. The van der Waals surface area contributed by atoms with Gasteiger partial charge in [-0.05, 0) is 73.5 Å². The van der Waals surface area contributed by atoms with Crippen molar-refractivity contribution in [3.05, 3.63) is 88.9 Å². The monoisotopic (exact) mass is 642 g/mol. The van der Waals surface area contributed by atoms with Gasteiger partial charge < -0.3 is 31.1 Å².